The lowest BCUT2D eigenvalue weighted by atomic mass is 10.0. The van der Waals surface area contributed by atoms with E-state index < -0.39 is 6.29 Å². The molecule has 1 aromatic carbocycles. The number of aliphatic hydroxyl groups is 1. The third-order valence-corrected chi connectivity index (χ3v) is 2.04. The molecule has 3 N–H and O–H groups in total. The highest BCUT2D eigenvalue weighted by Crippen LogP contribution is 2.25. The molecule has 0 radical (unpaired) electrons. The molecule has 2 unspecified atom stereocenters. The molecule has 0 spiro atoms. The van der Waals surface area contributed by atoms with E-state index in [9.17, 15) is 5.11 Å². The molecule has 64 valence electrons. The standard InChI is InChI=1S/C9H11NO2/c10-7-5-6-3-1-2-4-8(6)12-9(7)11/h1-4,7,9,11H,5,10H2. The number of hydrogen-bond acceptors (Lipinski definition) is 3. The first-order valence-electron chi connectivity index (χ1n) is 3.95. The van der Waals surface area contributed by atoms with Gasteiger partial charge in [-0.05, 0) is 18.1 Å². The second-order valence-electron chi connectivity index (χ2n) is 2.98. The van der Waals surface area contributed by atoms with Gasteiger partial charge in [0, 0.05) is 0 Å². The number of aliphatic hydroxyl groups excluding tert-OH is 1. The zero-order valence-electron chi connectivity index (χ0n) is 6.60. The van der Waals surface area contributed by atoms with Crippen LogP contribution < -0.4 is 10.5 Å². The summed E-state index contributed by atoms with van der Waals surface area (Å²) in [5.74, 6) is 0.742. The van der Waals surface area contributed by atoms with E-state index in [1.54, 1.807) is 0 Å². The summed E-state index contributed by atoms with van der Waals surface area (Å²) < 4.78 is 5.17. The molecular weight excluding hydrogens is 154 g/mol. The minimum Gasteiger partial charge on any atom is -0.463 e. The quantitative estimate of drug-likeness (QED) is 0.580. The summed E-state index contributed by atoms with van der Waals surface area (Å²) in [5.41, 5.74) is 6.68. The Hall–Kier alpha value is -1.06. The van der Waals surface area contributed by atoms with Crippen molar-refractivity contribution in [2.24, 2.45) is 5.73 Å². The van der Waals surface area contributed by atoms with Crippen molar-refractivity contribution in [3.63, 3.8) is 0 Å². The van der Waals surface area contributed by atoms with Crippen molar-refractivity contribution in [3.05, 3.63) is 29.8 Å². The van der Waals surface area contributed by atoms with Gasteiger partial charge in [-0.15, -0.1) is 0 Å². The molecule has 0 fully saturated rings. The molecule has 1 aliphatic rings. The van der Waals surface area contributed by atoms with Gasteiger partial charge in [0.05, 0.1) is 6.04 Å². The highest BCUT2D eigenvalue weighted by Gasteiger charge is 2.24. The van der Waals surface area contributed by atoms with Crippen LogP contribution >= 0.6 is 0 Å². The minimum absolute atomic E-state index is 0.306. The maximum atomic E-state index is 9.28. The number of para-hydroxylation sites is 1. The van der Waals surface area contributed by atoms with E-state index in [2.05, 4.69) is 0 Å². The van der Waals surface area contributed by atoms with E-state index in [1.807, 2.05) is 24.3 Å². The van der Waals surface area contributed by atoms with E-state index >= 15 is 0 Å². The molecule has 1 aliphatic heterocycles. The van der Waals surface area contributed by atoms with Gasteiger partial charge in [0.15, 0.2) is 0 Å². The molecule has 2 atom stereocenters. The lowest BCUT2D eigenvalue weighted by Crippen LogP contribution is -2.43. The van der Waals surface area contributed by atoms with Gasteiger partial charge in [-0.25, -0.2) is 0 Å². The second-order valence-corrected chi connectivity index (χ2v) is 2.98. The SMILES string of the molecule is NC1Cc2ccccc2OC1O. The van der Waals surface area contributed by atoms with Crippen molar-refractivity contribution in [2.75, 3.05) is 0 Å². The summed E-state index contributed by atoms with van der Waals surface area (Å²) in [4.78, 5) is 0. The molecule has 1 aromatic rings. The minimum atomic E-state index is -0.861. The molecule has 0 aromatic heterocycles. The van der Waals surface area contributed by atoms with Gasteiger partial charge >= 0.3 is 0 Å². The van der Waals surface area contributed by atoms with Gasteiger partial charge in [-0.2, -0.15) is 0 Å². The van der Waals surface area contributed by atoms with Crippen LogP contribution in [0.2, 0.25) is 0 Å². The zero-order valence-corrected chi connectivity index (χ0v) is 6.60. The summed E-state index contributed by atoms with van der Waals surface area (Å²) in [6.45, 7) is 0. The van der Waals surface area contributed by atoms with Crippen LogP contribution in [-0.2, 0) is 6.42 Å². The Morgan fingerprint density at radius 3 is 3.00 bits per heavy atom. The fraction of sp³-hybridized carbons (Fsp3) is 0.333. The average Bonchev–Trinajstić information content (AvgIpc) is 2.07. The summed E-state index contributed by atoms with van der Waals surface area (Å²) in [7, 11) is 0. The van der Waals surface area contributed by atoms with Crippen LogP contribution in [0.25, 0.3) is 0 Å². The van der Waals surface area contributed by atoms with Crippen LogP contribution in [0.4, 0.5) is 0 Å². The molecule has 1 heterocycles. The third kappa shape index (κ3) is 1.17. The summed E-state index contributed by atoms with van der Waals surface area (Å²) in [6.07, 6.45) is -0.183. The molecule has 0 aliphatic carbocycles. The maximum Gasteiger partial charge on any atom is 0.213 e. The van der Waals surface area contributed by atoms with Gasteiger partial charge in [-0.3, -0.25) is 0 Å². The summed E-state index contributed by atoms with van der Waals surface area (Å²) >= 11 is 0. The number of nitrogens with two attached hydrogens (primary N) is 1. The van der Waals surface area contributed by atoms with Crippen LogP contribution in [0.5, 0.6) is 5.75 Å². The van der Waals surface area contributed by atoms with Crippen molar-refractivity contribution in [2.45, 2.75) is 18.8 Å². The Bertz CT molecular complexity index is 259. The molecule has 2 rings (SSSR count). The molecule has 3 heteroatoms. The molecule has 3 nitrogen and oxygen atoms in total. The smallest absolute Gasteiger partial charge is 0.213 e. The predicted octanol–water partition coefficient (Wildman–Crippen LogP) is 0.267. The predicted molar refractivity (Wildman–Crippen MR) is 44.8 cm³/mol. The number of fused-ring (bicyclic) bond motifs is 1. The van der Waals surface area contributed by atoms with E-state index in [0.29, 0.717) is 6.42 Å². The van der Waals surface area contributed by atoms with Crippen LogP contribution in [0.15, 0.2) is 24.3 Å². The lowest BCUT2D eigenvalue weighted by Gasteiger charge is -2.27. The fourth-order valence-corrected chi connectivity index (χ4v) is 1.36. The fourth-order valence-electron chi connectivity index (χ4n) is 1.36. The van der Waals surface area contributed by atoms with Crippen LogP contribution in [0.3, 0.4) is 0 Å². The van der Waals surface area contributed by atoms with Crippen molar-refractivity contribution in [1.29, 1.82) is 0 Å². The van der Waals surface area contributed by atoms with Crippen LogP contribution in [0, 0.1) is 0 Å². The number of hydrogen-bond donors (Lipinski definition) is 2. The summed E-state index contributed by atoms with van der Waals surface area (Å²) in [5, 5.41) is 9.28. The Balaban J connectivity index is 2.34. The Morgan fingerprint density at radius 1 is 1.42 bits per heavy atom. The number of rotatable bonds is 0. The van der Waals surface area contributed by atoms with Gasteiger partial charge < -0.3 is 15.6 Å². The number of benzene rings is 1. The van der Waals surface area contributed by atoms with Crippen molar-refractivity contribution in [1.82, 2.24) is 0 Å². The normalized spacial score (nSPS) is 27.5. The molecule has 0 saturated heterocycles. The second kappa shape index (κ2) is 2.77. The lowest BCUT2D eigenvalue weighted by molar-refractivity contribution is -0.0455. The first kappa shape index (κ1) is 7.58. The van der Waals surface area contributed by atoms with Gasteiger partial charge in [0.25, 0.3) is 0 Å². The van der Waals surface area contributed by atoms with Crippen LogP contribution in [0.1, 0.15) is 5.56 Å². The third-order valence-electron chi connectivity index (χ3n) is 2.04. The molecule has 0 bridgehead atoms. The largest absolute Gasteiger partial charge is 0.463 e. The van der Waals surface area contributed by atoms with Crippen molar-refractivity contribution >= 4 is 0 Å². The molecule has 0 amide bonds. The van der Waals surface area contributed by atoms with Gasteiger partial charge in [0.1, 0.15) is 5.75 Å². The molecule has 0 saturated carbocycles. The maximum absolute atomic E-state index is 9.28. The van der Waals surface area contributed by atoms with Crippen molar-refractivity contribution in [3.8, 4) is 5.75 Å². The highest BCUT2D eigenvalue weighted by molar-refractivity contribution is 5.35. The topological polar surface area (TPSA) is 55.5 Å². The Morgan fingerprint density at radius 2 is 2.17 bits per heavy atom. The highest BCUT2D eigenvalue weighted by atomic mass is 16.6. The average molecular weight is 165 g/mol. The van der Waals surface area contributed by atoms with Gasteiger partial charge in [0.2, 0.25) is 6.29 Å². The Kier molecular flexibility index (Phi) is 1.75. The monoisotopic (exact) mass is 165 g/mol. The molecular formula is C9H11NO2. The van der Waals surface area contributed by atoms with E-state index in [4.69, 9.17) is 10.5 Å². The summed E-state index contributed by atoms with van der Waals surface area (Å²) in [6, 6.07) is 7.31. The van der Waals surface area contributed by atoms with E-state index in [1.165, 1.54) is 0 Å². The molecule has 12 heavy (non-hydrogen) atoms. The number of ether oxygens (including phenoxy) is 1. The van der Waals surface area contributed by atoms with E-state index in [-0.39, 0.29) is 6.04 Å². The zero-order chi connectivity index (χ0) is 8.55. The first-order valence-corrected chi connectivity index (χ1v) is 3.95. The van der Waals surface area contributed by atoms with Crippen LogP contribution in [-0.4, -0.2) is 17.4 Å². The first-order chi connectivity index (χ1) is 5.77. The van der Waals surface area contributed by atoms with Gasteiger partial charge in [-0.1, -0.05) is 18.2 Å². The Labute approximate surface area is 70.8 Å². The van der Waals surface area contributed by atoms with Crippen molar-refractivity contribution < 1.29 is 9.84 Å². The van der Waals surface area contributed by atoms with E-state index in [0.717, 1.165) is 11.3 Å².